The minimum absolute atomic E-state index is 0.141. The smallest absolute Gasteiger partial charge is 0.0738 e. The SMILES string of the molecule is CCc1ccccc1C(N)c1c(Br)cnn1CC. The monoisotopic (exact) mass is 307 g/mol. The zero-order valence-corrected chi connectivity index (χ0v) is 12.3. The molecule has 0 saturated carbocycles. The molecule has 1 aromatic heterocycles. The Morgan fingerprint density at radius 3 is 2.72 bits per heavy atom. The molecule has 0 saturated heterocycles. The topological polar surface area (TPSA) is 43.8 Å². The molecule has 1 heterocycles. The van der Waals surface area contributed by atoms with E-state index in [-0.39, 0.29) is 6.04 Å². The zero-order valence-electron chi connectivity index (χ0n) is 10.7. The van der Waals surface area contributed by atoms with E-state index in [2.05, 4.69) is 53.1 Å². The maximum Gasteiger partial charge on any atom is 0.0738 e. The summed E-state index contributed by atoms with van der Waals surface area (Å²) in [6.45, 7) is 5.04. The summed E-state index contributed by atoms with van der Waals surface area (Å²) < 4.78 is 2.92. The van der Waals surface area contributed by atoms with Gasteiger partial charge in [0, 0.05) is 6.54 Å². The Morgan fingerprint density at radius 2 is 2.06 bits per heavy atom. The minimum atomic E-state index is -0.141. The number of hydrogen-bond acceptors (Lipinski definition) is 2. The number of benzene rings is 1. The second kappa shape index (κ2) is 5.67. The van der Waals surface area contributed by atoms with Crippen LogP contribution in [0.2, 0.25) is 0 Å². The fraction of sp³-hybridized carbons (Fsp3) is 0.357. The van der Waals surface area contributed by atoms with E-state index in [0.717, 1.165) is 23.1 Å². The summed E-state index contributed by atoms with van der Waals surface area (Å²) >= 11 is 3.54. The molecule has 0 aliphatic heterocycles. The number of aryl methyl sites for hydroxylation is 2. The van der Waals surface area contributed by atoms with Crippen LogP contribution in [0.15, 0.2) is 34.9 Å². The van der Waals surface area contributed by atoms with Gasteiger partial charge in [0.15, 0.2) is 0 Å². The van der Waals surface area contributed by atoms with Gasteiger partial charge in [-0.3, -0.25) is 4.68 Å². The largest absolute Gasteiger partial charge is 0.319 e. The average molecular weight is 308 g/mol. The first-order valence-electron chi connectivity index (χ1n) is 6.23. The summed E-state index contributed by atoms with van der Waals surface area (Å²) in [5.74, 6) is 0. The van der Waals surface area contributed by atoms with Crippen LogP contribution in [0.5, 0.6) is 0 Å². The molecule has 18 heavy (non-hydrogen) atoms. The number of nitrogens with two attached hydrogens (primary N) is 1. The van der Waals surface area contributed by atoms with E-state index in [1.165, 1.54) is 11.1 Å². The lowest BCUT2D eigenvalue weighted by Crippen LogP contribution is -2.19. The van der Waals surface area contributed by atoms with Crippen molar-refractivity contribution in [3.8, 4) is 0 Å². The Labute approximate surface area is 116 Å². The van der Waals surface area contributed by atoms with Crippen LogP contribution in [0.25, 0.3) is 0 Å². The van der Waals surface area contributed by atoms with E-state index in [4.69, 9.17) is 5.73 Å². The van der Waals surface area contributed by atoms with Crippen LogP contribution in [0, 0.1) is 0 Å². The molecule has 0 aliphatic carbocycles. The first-order chi connectivity index (χ1) is 8.69. The fourth-order valence-electron chi connectivity index (χ4n) is 2.24. The van der Waals surface area contributed by atoms with Gasteiger partial charge in [0.1, 0.15) is 0 Å². The number of nitrogens with zero attached hydrogens (tertiary/aromatic N) is 2. The molecule has 2 N–H and O–H groups in total. The minimum Gasteiger partial charge on any atom is -0.319 e. The highest BCUT2D eigenvalue weighted by molar-refractivity contribution is 9.10. The molecule has 0 fully saturated rings. The Kier molecular flexibility index (Phi) is 4.19. The Morgan fingerprint density at radius 1 is 1.33 bits per heavy atom. The van der Waals surface area contributed by atoms with Gasteiger partial charge in [-0.15, -0.1) is 0 Å². The predicted octanol–water partition coefficient (Wildman–Crippen LogP) is 3.28. The molecule has 2 aromatic rings. The summed E-state index contributed by atoms with van der Waals surface area (Å²) in [7, 11) is 0. The summed E-state index contributed by atoms with van der Waals surface area (Å²) in [6, 6.07) is 8.19. The Balaban J connectivity index is 2.47. The van der Waals surface area contributed by atoms with Gasteiger partial charge in [-0.05, 0) is 40.4 Å². The normalized spacial score (nSPS) is 12.7. The molecule has 3 nitrogen and oxygen atoms in total. The van der Waals surface area contributed by atoms with Crippen molar-refractivity contribution in [1.29, 1.82) is 0 Å². The van der Waals surface area contributed by atoms with Crippen LogP contribution in [0.1, 0.15) is 36.7 Å². The Bertz CT molecular complexity index is 534. The average Bonchev–Trinajstić information content (AvgIpc) is 2.79. The first kappa shape index (κ1) is 13.3. The standard InChI is InChI=1S/C14H18BrN3/c1-3-10-7-5-6-8-11(10)13(16)14-12(15)9-17-18(14)4-2/h5-9,13H,3-4,16H2,1-2H3. The molecule has 4 heteroatoms. The zero-order chi connectivity index (χ0) is 13.1. The maximum absolute atomic E-state index is 6.42. The molecule has 1 atom stereocenters. The van der Waals surface area contributed by atoms with Gasteiger partial charge in [-0.25, -0.2) is 0 Å². The van der Waals surface area contributed by atoms with Crippen LogP contribution in [-0.2, 0) is 13.0 Å². The lowest BCUT2D eigenvalue weighted by atomic mass is 9.97. The molecule has 0 amide bonds. The summed E-state index contributed by atoms with van der Waals surface area (Å²) in [4.78, 5) is 0. The van der Waals surface area contributed by atoms with E-state index in [1.54, 1.807) is 0 Å². The molecule has 0 bridgehead atoms. The molecule has 0 aliphatic rings. The number of aromatic nitrogens is 2. The van der Waals surface area contributed by atoms with Crippen molar-refractivity contribution in [2.75, 3.05) is 0 Å². The molecular weight excluding hydrogens is 290 g/mol. The molecular formula is C14H18BrN3. The van der Waals surface area contributed by atoms with E-state index in [0.29, 0.717) is 0 Å². The van der Waals surface area contributed by atoms with Crippen molar-refractivity contribution in [2.45, 2.75) is 32.9 Å². The lowest BCUT2D eigenvalue weighted by molar-refractivity contribution is 0.598. The van der Waals surface area contributed by atoms with Gasteiger partial charge in [-0.1, -0.05) is 31.2 Å². The van der Waals surface area contributed by atoms with Crippen LogP contribution in [-0.4, -0.2) is 9.78 Å². The third kappa shape index (κ3) is 2.35. The molecule has 2 rings (SSSR count). The van der Waals surface area contributed by atoms with Crippen molar-refractivity contribution in [3.05, 3.63) is 51.8 Å². The first-order valence-corrected chi connectivity index (χ1v) is 7.02. The predicted molar refractivity (Wildman–Crippen MR) is 77.5 cm³/mol. The quantitative estimate of drug-likeness (QED) is 0.942. The van der Waals surface area contributed by atoms with Crippen LogP contribution in [0.4, 0.5) is 0 Å². The molecule has 96 valence electrons. The van der Waals surface area contributed by atoms with Crippen molar-refractivity contribution in [3.63, 3.8) is 0 Å². The van der Waals surface area contributed by atoms with E-state index in [1.807, 2.05) is 16.9 Å². The van der Waals surface area contributed by atoms with E-state index >= 15 is 0 Å². The fourth-order valence-corrected chi connectivity index (χ4v) is 2.78. The summed E-state index contributed by atoms with van der Waals surface area (Å²) in [5.41, 5.74) is 9.93. The summed E-state index contributed by atoms with van der Waals surface area (Å²) in [5, 5.41) is 4.33. The second-order valence-electron chi connectivity index (χ2n) is 4.22. The highest BCUT2D eigenvalue weighted by Crippen LogP contribution is 2.28. The van der Waals surface area contributed by atoms with Crippen LogP contribution < -0.4 is 5.73 Å². The summed E-state index contributed by atoms with van der Waals surface area (Å²) in [6.07, 6.45) is 2.80. The Hall–Kier alpha value is -1.13. The highest BCUT2D eigenvalue weighted by Gasteiger charge is 2.19. The van der Waals surface area contributed by atoms with Gasteiger partial charge in [0.05, 0.1) is 22.4 Å². The molecule has 1 unspecified atom stereocenters. The second-order valence-corrected chi connectivity index (χ2v) is 5.08. The number of hydrogen-bond donors (Lipinski definition) is 1. The van der Waals surface area contributed by atoms with Gasteiger partial charge in [0.25, 0.3) is 0 Å². The van der Waals surface area contributed by atoms with Crippen molar-refractivity contribution < 1.29 is 0 Å². The van der Waals surface area contributed by atoms with Gasteiger partial charge >= 0.3 is 0 Å². The van der Waals surface area contributed by atoms with E-state index < -0.39 is 0 Å². The number of halogens is 1. The van der Waals surface area contributed by atoms with Gasteiger partial charge in [-0.2, -0.15) is 5.10 Å². The highest BCUT2D eigenvalue weighted by atomic mass is 79.9. The molecule has 1 aromatic carbocycles. The maximum atomic E-state index is 6.42. The van der Waals surface area contributed by atoms with Crippen molar-refractivity contribution in [1.82, 2.24) is 9.78 Å². The van der Waals surface area contributed by atoms with Crippen LogP contribution in [0.3, 0.4) is 0 Å². The van der Waals surface area contributed by atoms with Gasteiger partial charge in [0.2, 0.25) is 0 Å². The lowest BCUT2D eigenvalue weighted by Gasteiger charge is -2.17. The van der Waals surface area contributed by atoms with Crippen molar-refractivity contribution in [2.24, 2.45) is 5.73 Å². The third-order valence-corrected chi connectivity index (χ3v) is 3.81. The molecule has 0 radical (unpaired) electrons. The van der Waals surface area contributed by atoms with Crippen LogP contribution >= 0.6 is 15.9 Å². The molecule has 0 spiro atoms. The van der Waals surface area contributed by atoms with E-state index in [9.17, 15) is 0 Å². The van der Waals surface area contributed by atoms with Gasteiger partial charge < -0.3 is 5.73 Å². The number of rotatable bonds is 4. The third-order valence-electron chi connectivity index (χ3n) is 3.20. The van der Waals surface area contributed by atoms with Crippen molar-refractivity contribution >= 4 is 15.9 Å².